The standard InChI is InChI=1S/C10H7ClN2O2/c1-15-8-4-5-12-9-6(8)2-3-7(11)10(9)13-14/h2-5H,1H3. The fourth-order valence-electron chi connectivity index (χ4n) is 1.42. The highest BCUT2D eigenvalue weighted by molar-refractivity contribution is 6.34. The van der Waals surface area contributed by atoms with Crippen LogP contribution in [0.4, 0.5) is 5.69 Å². The average Bonchev–Trinajstić information content (AvgIpc) is 2.28. The number of pyridine rings is 1. The molecule has 1 aromatic carbocycles. The van der Waals surface area contributed by atoms with Gasteiger partial charge < -0.3 is 4.74 Å². The van der Waals surface area contributed by atoms with Crippen LogP contribution in [0.25, 0.3) is 10.9 Å². The molecule has 0 aliphatic carbocycles. The molecular weight excluding hydrogens is 216 g/mol. The quantitative estimate of drug-likeness (QED) is 0.733. The van der Waals surface area contributed by atoms with Gasteiger partial charge in [0.1, 0.15) is 11.3 Å². The molecule has 0 saturated heterocycles. The lowest BCUT2D eigenvalue weighted by atomic mass is 10.2. The van der Waals surface area contributed by atoms with Gasteiger partial charge in [-0.15, -0.1) is 4.91 Å². The first-order valence-corrected chi connectivity index (χ1v) is 4.60. The van der Waals surface area contributed by atoms with Gasteiger partial charge in [0.2, 0.25) is 0 Å². The van der Waals surface area contributed by atoms with E-state index in [0.29, 0.717) is 16.3 Å². The van der Waals surface area contributed by atoms with Crippen molar-refractivity contribution in [1.82, 2.24) is 4.98 Å². The zero-order valence-electron chi connectivity index (χ0n) is 7.90. The van der Waals surface area contributed by atoms with Crippen LogP contribution in [0.3, 0.4) is 0 Å². The second-order valence-electron chi connectivity index (χ2n) is 2.90. The number of fused-ring (bicyclic) bond motifs is 1. The Morgan fingerprint density at radius 1 is 1.40 bits per heavy atom. The van der Waals surface area contributed by atoms with E-state index in [2.05, 4.69) is 10.2 Å². The summed E-state index contributed by atoms with van der Waals surface area (Å²) in [6.45, 7) is 0. The van der Waals surface area contributed by atoms with Crippen molar-refractivity contribution in [2.24, 2.45) is 5.18 Å². The number of nitroso groups, excluding NO2 is 1. The molecule has 0 spiro atoms. The Morgan fingerprint density at radius 2 is 2.20 bits per heavy atom. The molecule has 15 heavy (non-hydrogen) atoms. The molecule has 0 N–H and O–H groups in total. The van der Waals surface area contributed by atoms with Gasteiger partial charge in [0, 0.05) is 11.6 Å². The predicted octanol–water partition coefficient (Wildman–Crippen LogP) is 3.29. The van der Waals surface area contributed by atoms with Crippen molar-refractivity contribution in [2.75, 3.05) is 7.11 Å². The third-order valence-electron chi connectivity index (χ3n) is 2.11. The van der Waals surface area contributed by atoms with E-state index in [1.54, 1.807) is 31.5 Å². The topological polar surface area (TPSA) is 51.6 Å². The first-order valence-electron chi connectivity index (χ1n) is 4.22. The second kappa shape index (κ2) is 3.82. The zero-order chi connectivity index (χ0) is 10.8. The third kappa shape index (κ3) is 1.53. The van der Waals surface area contributed by atoms with Gasteiger partial charge in [0.15, 0.2) is 5.69 Å². The highest BCUT2D eigenvalue weighted by Crippen LogP contribution is 2.35. The lowest BCUT2D eigenvalue weighted by molar-refractivity contribution is 0.419. The Labute approximate surface area is 90.8 Å². The summed E-state index contributed by atoms with van der Waals surface area (Å²) in [6.07, 6.45) is 1.55. The molecule has 0 radical (unpaired) electrons. The number of ether oxygens (including phenoxy) is 1. The third-order valence-corrected chi connectivity index (χ3v) is 2.41. The molecule has 0 bridgehead atoms. The van der Waals surface area contributed by atoms with E-state index in [0.717, 1.165) is 5.39 Å². The molecular formula is C10H7ClN2O2. The summed E-state index contributed by atoms with van der Waals surface area (Å²) in [5, 5.41) is 3.88. The number of nitrogens with zero attached hydrogens (tertiary/aromatic N) is 2. The van der Waals surface area contributed by atoms with Crippen molar-refractivity contribution in [3.05, 3.63) is 34.3 Å². The van der Waals surface area contributed by atoms with Gasteiger partial charge in [-0.05, 0) is 23.4 Å². The predicted molar refractivity (Wildman–Crippen MR) is 58.8 cm³/mol. The van der Waals surface area contributed by atoms with Gasteiger partial charge in [-0.25, -0.2) is 0 Å². The highest BCUT2D eigenvalue weighted by atomic mass is 35.5. The Hall–Kier alpha value is -1.68. The number of hydrogen-bond acceptors (Lipinski definition) is 4. The maximum atomic E-state index is 10.6. The van der Waals surface area contributed by atoms with E-state index in [1.807, 2.05) is 0 Å². The molecule has 1 heterocycles. The van der Waals surface area contributed by atoms with Crippen molar-refractivity contribution in [3.63, 3.8) is 0 Å². The Bertz CT molecular complexity index is 528. The number of methoxy groups -OCH3 is 1. The maximum Gasteiger partial charge on any atom is 0.152 e. The number of halogens is 1. The van der Waals surface area contributed by atoms with Crippen molar-refractivity contribution in [1.29, 1.82) is 0 Å². The number of rotatable bonds is 2. The summed E-state index contributed by atoms with van der Waals surface area (Å²) in [5.74, 6) is 0.640. The summed E-state index contributed by atoms with van der Waals surface area (Å²) in [4.78, 5) is 14.7. The van der Waals surface area contributed by atoms with Crippen LogP contribution in [0.1, 0.15) is 0 Å². The lowest BCUT2D eigenvalue weighted by Gasteiger charge is -2.05. The fourth-order valence-corrected chi connectivity index (χ4v) is 1.61. The molecule has 0 atom stereocenters. The smallest absolute Gasteiger partial charge is 0.152 e. The van der Waals surface area contributed by atoms with Gasteiger partial charge in [-0.3, -0.25) is 4.98 Å². The van der Waals surface area contributed by atoms with Gasteiger partial charge >= 0.3 is 0 Å². The minimum absolute atomic E-state index is 0.146. The van der Waals surface area contributed by atoms with E-state index in [9.17, 15) is 4.91 Å². The van der Waals surface area contributed by atoms with Gasteiger partial charge in [-0.2, -0.15) is 0 Å². The summed E-state index contributed by atoms with van der Waals surface area (Å²) < 4.78 is 5.14. The zero-order valence-corrected chi connectivity index (χ0v) is 8.65. The van der Waals surface area contributed by atoms with Crippen molar-refractivity contribution in [3.8, 4) is 5.75 Å². The number of hydrogen-bond donors (Lipinski definition) is 0. The van der Waals surface area contributed by atoms with E-state index in [1.165, 1.54) is 0 Å². The number of benzene rings is 1. The van der Waals surface area contributed by atoms with E-state index >= 15 is 0 Å². The molecule has 76 valence electrons. The largest absolute Gasteiger partial charge is 0.496 e. The number of aromatic nitrogens is 1. The maximum absolute atomic E-state index is 10.6. The van der Waals surface area contributed by atoms with Crippen LogP contribution in [-0.4, -0.2) is 12.1 Å². The molecule has 4 nitrogen and oxygen atoms in total. The Kier molecular flexibility index (Phi) is 2.51. The first kappa shape index (κ1) is 9.86. The van der Waals surface area contributed by atoms with Crippen molar-refractivity contribution in [2.45, 2.75) is 0 Å². The van der Waals surface area contributed by atoms with Gasteiger partial charge in [-0.1, -0.05) is 11.6 Å². The monoisotopic (exact) mass is 222 g/mol. The van der Waals surface area contributed by atoms with Crippen molar-refractivity contribution < 1.29 is 4.74 Å². The highest BCUT2D eigenvalue weighted by Gasteiger charge is 2.10. The molecule has 2 rings (SSSR count). The van der Waals surface area contributed by atoms with Crippen LogP contribution in [-0.2, 0) is 0 Å². The molecule has 0 fully saturated rings. The fraction of sp³-hybridized carbons (Fsp3) is 0.100. The van der Waals surface area contributed by atoms with E-state index in [-0.39, 0.29) is 5.69 Å². The molecule has 0 unspecified atom stereocenters. The normalized spacial score (nSPS) is 10.3. The first-order chi connectivity index (χ1) is 7.27. The molecule has 1 aromatic heterocycles. The molecule has 2 aromatic rings. The Morgan fingerprint density at radius 3 is 2.87 bits per heavy atom. The molecule has 5 heteroatoms. The van der Waals surface area contributed by atoms with E-state index < -0.39 is 0 Å². The second-order valence-corrected chi connectivity index (χ2v) is 3.30. The summed E-state index contributed by atoms with van der Waals surface area (Å²) in [6, 6.07) is 5.06. The summed E-state index contributed by atoms with van der Waals surface area (Å²) in [7, 11) is 1.55. The van der Waals surface area contributed by atoms with Crippen LogP contribution >= 0.6 is 11.6 Å². The van der Waals surface area contributed by atoms with Crippen LogP contribution < -0.4 is 4.74 Å². The molecule has 0 aliphatic rings. The Balaban J connectivity index is 2.88. The van der Waals surface area contributed by atoms with Crippen LogP contribution in [0.2, 0.25) is 5.02 Å². The SMILES string of the molecule is COc1ccnc2c(N=O)c(Cl)ccc12. The van der Waals surface area contributed by atoms with Crippen LogP contribution in [0, 0.1) is 4.91 Å². The molecule has 0 aliphatic heterocycles. The minimum atomic E-state index is 0.146. The van der Waals surface area contributed by atoms with Gasteiger partial charge in [0.05, 0.1) is 12.1 Å². The molecule has 0 saturated carbocycles. The average molecular weight is 223 g/mol. The van der Waals surface area contributed by atoms with Crippen LogP contribution in [0.15, 0.2) is 29.6 Å². The van der Waals surface area contributed by atoms with Gasteiger partial charge in [0.25, 0.3) is 0 Å². The summed E-state index contributed by atoms with van der Waals surface area (Å²) >= 11 is 5.82. The van der Waals surface area contributed by atoms with E-state index in [4.69, 9.17) is 16.3 Å². The minimum Gasteiger partial charge on any atom is -0.496 e. The van der Waals surface area contributed by atoms with Crippen LogP contribution in [0.5, 0.6) is 5.75 Å². The summed E-state index contributed by atoms with van der Waals surface area (Å²) in [5.41, 5.74) is 0.602. The molecule has 0 amide bonds. The lowest BCUT2D eigenvalue weighted by Crippen LogP contribution is -1.87. The van der Waals surface area contributed by atoms with Crippen molar-refractivity contribution >= 4 is 28.2 Å².